The zero-order valence-corrected chi connectivity index (χ0v) is 14.2. The van der Waals surface area contributed by atoms with E-state index in [1.165, 1.54) is 11.3 Å². The molecule has 1 fully saturated rings. The molecule has 21 heavy (non-hydrogen) atoms. The molecular formula is C14H19BrN2O3S. The maximum Gasteiger partial charge on any atom is 0.262 e. The summed E-state index contributed by atoms with van der Waals surface area (Å²) in [6.45, 7) is 1.73. The molecular weight excluding hydrogens is 356 g/mol. The van der Waals surface area contributed by atoms with Crippen LogP contribution in [-0.4, -0.2) is 35.6 Å². The molecule has 116 valence electrons. The molecule has 3 N–H and O–H groups in total. The molecule has 2 atom stereocenters. The molecule has 7 heteroatoms. The molecule has 0 bridgehead atoms. The zero-order chi connectivity index (χ0) is 15.4. The molecule has 1 aliphatic rings. The van der Waals surface area contributed by atoms with E-state index in [2.05, 4.69) is 26.6 Å². The number of aliphatic hydroxyl groups is 1. The number of aliphatic hydroxyl groups excluding tert-OH is 1. The highest BCUT2D eigenvalue weighted by Gasteiger charge is 2.32. The molecule has 0 aliphatic heterocycles. The summed E-state index contributed by atoms with van der Waals surface area (Å²) in [4.78, 5) is 24.7. The van der Waals surface area contributed by atoms with Crippen molar-refractivity contribution in [1.29, 1.82) is 0 Å². The maximum atomic E-state index is 12.1. The number of amides is 2. The summed E-state index contributed by atoms with van der Waals surface area (Å²) >= 11 is 4.63. The Morgan fingerprint density at radius 3 is 2.67 bits per heavy atom. The molecule has 2 rings (SSSR count). The van der Waals surface area contributed by atoms with E-state index in [1.807, 2.05) is 0 Å². The van der Waals surface area contributed by atoms with Crippen molar-refractivity contribution in [3.63, 3.8) is 0 Å². The number of hydrogen-bond donors (Lipinski definition) is 3. The van der Waals surface area contributed by atoms with E-state index < -0.39 is 6.04 Å². The monoisotopic (exact) mass is 374 g/mol. The van der Waals surface area contributed by atoms with E-state index in [0.717, 1.165) is 16.6 Å². The normalized spacial score (nSPS) is 17.1. The molecule has 0 saturated heterocycles. The first-order valence-electron chi connectivity index (χ1n) is 6.98. The van der Waals surface area contributed by atoms with Gasteiger partial charge >= 0.3 is 0 Å². The smallest absolute Gasteiger partial charge is 0.262 e. The summed E-state index contributed by atoms with van der Waals surface area (Å²) in [5.41, 5.74) is 0. The predicted molar refractivity (Wildman–Crippen MR) is 85.3 cm³/mol. The molecule has 2 amide bonds. The van der Waals surface area contributed by atoms with Crippen molar-refractivity contribution in [1.82, 2.24) is 10.6 Å². The molecule has 0 spiro atoms. The fourth-order valence-electron chi connectivity index (χ4n) is 2.14. The van der Waals surface area contributed by atoms with Crippen LogP contribution in [-0.2, 0) is 4.79 Å². The summed E-state index contributed by atoms with van der Waals surface area (Å²) in [6, 6.07) is 2.93. The zero-order valence-electron chi connectivity index (χ0n) is 11.8. The lowest BCUT2D eigenvalue weighted by atomic mass is 10.1. The number of nitrogens with one attached hydrogen (secondary N) is 2. The lowest BCUT2D eigenvalue weighted by molar-refractivity contribution is -0.123. The van der Waals surface area contributed by atoms with Gasteiger partial charge in [0.25, 0.3) is 5.91 Å². The van der Waals surface area contributed by atoms with E-state index in [1.54, 1.807) is 19.1 Å². The Morgan fingerprint density at radius 1 is 1.43 bits per heavy atom. The van der Waals surface area contributed by atoms with Crippen LogP contribution in [0.5, 0.6) is 0 Å². The summed E-state index contributed by atoms with van der Waals surface area (Å²) in [5.74, 6) is 0.0139. The summed E-state index contributed by atoms with van der Waals surface area (Å²) < 4.78 is 0.876. The number of halogens is 1. The highest BCUT2D eigenvalue weighted by Crippen LogP contribution is 2.33. The lowest BCUT2D eigenvalue weighted by Gasteiger charge is -2.20. The van der Waals surface area contributed by atoms with Crippen LogP contribution in [0, 0.1) is 5.92 Å². The van der Waals surface area contributed by atoms with E-state index >= 15 is 0 Å². The highest BCUT2D eigenvalue weighted by molar-refractivity contribution is 9.11. The number of carbonyl (C=O) groups is 2. The van der Waals surface area contributed by atoms with Crippen molar-refractivity contribution in [3.8, 4) is 0 Å². The van der Waals surface area contributed by atoms with Crippen LogP contribution < -0.4 is 10.6 Å². The Hall–Kier alpha value is -0.920. The molecule has 0 unspecified atom stereocenters. The van der Waals surface area contributed by atoms with Gasteiger partial charge < -0.3 is 15.7 Å². The number of rotatable bonds is 7. The van der Waals surface area contributed by atoms with Gasteiger partial charge in [-0.15, -0.1) is 11.3 Å². The SMILES string of the molecule is C[C@@H](NC(=O)c1ccc(Br)s1)C(=O)N[C@@H](CCO)C1CC1. The molecule has 1 aromatic heterocycles. The van der Waals surface area contributed by atoms with Gasteiger partial charge in [-0.3, -0.25) is 9.59 Å². The van der Waals surface area contributed by atoms with Gasteiger partial charge in [0.05, 0.1) is 8.66 Å². The van der Waals surface area contributed by atoms with Crippen LogP contribution in [0.15, 0.2) is 15.9 Å². The Bertz CT molecular complexity index is 516. The first-order chi connectivity index (χ1) is 10.0. The van der Waals surface area contributed by atoms with Gasteiger partial charge in [0.2, 0.25) is 5.91 Å². The number of hydrogen-bond acceptors (Lipinski definition) is 4. The van der Waals surface area contributed by atoms with E-state index in [0.29, 0.717) is 17.2 Å². The maximum absolute atomic E-state index is 12.1. The van der Waals surface area contributed by atoms with Crippen molar-refractivity contribution in [3.05, 3.63) is 20.8 Å². The molecule has 1 aliphatic carbocycles. The van der Waals surface area contributed by atoms with Gasteiger partial charge in [0, 0.05) is 12.6 Å². The van der Waals surface area contributed by atoms with E-state index in [4.69, 9.17) is 5.11 Å². The Morgan fingerprint density at radius 2 is 2.14 bits per heavy atom. The van der Waals surface area contributed by atoms with Crippen LogP contribution >= 0.6 is 27.3 Å². The lowest BCUT2D eigenvalue weighted by Crippen LogP contribution is -2.48. The minimum atomic E-state index is -0.599. The third kappa shape index (κ3) is 4.79. The van der Waals surface area contributed by atoms with Crippen LogP contribution in [0.2, 0.25) is 0 Å². The average molecular weight is 375 g/mol. The number of carbonyl (C=O) groups excluding carboxylic acids is 2. The first kappa shape index (κ1) is 16.5. The second-order valence-electron chi connectivity index (χ2n) is 5.26. The molecule has 1 aromatic rings. The van der Waals surface area contributed by atoms with Gasteiger partial charge in [-0.2, -0.15) is 0 Å². The number of thiophene rings is 1. The average Bonchev–Trinajstić information content (AvgIpc) is 3.19. The largest absolute Gasteiger partial charge is 0.396 e. The third-order valence-electron chi connectivity index (χ3n) is 3.50. The van der Waals surface area contributed by atoms with Crippen LogP contribution in [0.4, 0.5) is 0 Å². The highest BCUT2D eigenvalue weighted by atomic mass is 79.9. The van der Waals surface area contributed by atoms with Gasteiger partial charge in [0.15, 0.2) is 0 Å². The summed E-state index contributed by atoms with van der Waals surface area (Å²) in [5, 5.41) is 14.7. The van der Waals surface area contributed by atoms with Crippen LogP contribution in [0.1, 0.15) is 35.9 Å². The first-order valence-corrected chi connectivity index (χ1v) is 8.59. The van der Waals surface area contributed by atoms with Crippen molar-refractivity contribution in [2.75, 3.05) is 6.61 Å². The Kier molecular flexibility index (Phi) is 5.78. The molecule has 5 nitrogen and oxygen atoms in total. The Balaban J connectivity index is 1.85. The summed E-state index contributed by atoms with van der Waals surface area (Å²) in [7, 11) is 0. The molecule has 1 saturated carbocycles. The van der Waals surface area contributed by atoms with Crippen molar-refractivity contribution in [2.45, 2.75) is 38.3 Å². The standard InChI is InChI=1S/C14H19BrN2O3S/c1-8(16-14(20)11-4-5-12(15)21-11)13(19)17-10(6-7-18)9-2-3-9/h4-5,8-10,18H,2-3,6-7H2,1H3,(H,16,20)(H,17,19)/t8-,10+/m1/s1. The molecule has 1 heterocycles. The fraction of sp³-hybridized carbons (Fsp3) is 0.571. The van der Waals surface area contributed by atoms with E-state index in [-0.39, 0.29) is 24.5 Å². The predicted octanol–water partition coefficient (Wildman–Crippen LogP) is 1.91. The van der Waals surface area contributed by atoms with Crippen molar-refractivity contribution >= 4 is 39.1 Å². The second-order valence-corrected chi connectivity index (χ2v) is 7.73. The van der Waals surface area contributed by atoms with Gasteiger partial charge in [-0.25, -0.2) is 0 Å². The van der Waals surface area contributed by atoms with Crippen molar-refractivity contribution < 1.29 is 14.7 Å². The van der Waals surface area contributed by atoms with Crippen LogP contribution in [0.25, 0.3) is 0 Å². The fourth-order valence-corrected chi connectivity index (χ4v) is 3.43. The van der Waals surface area contributed by atoms with E-state index in [9.17, 15) is 9.59 Å². The minimum Gasteiger partial charge on any atom is -0.396 e. The quantitative estimate of drug-likeness (QED) is 0.681. The molecule has 0 radical (unpaired) electrons. The molecule has 0 aromatic carbocycles. The van der Waals surface area contributed by atoms with Gasteiger partial charge in [-0.1, -0.05) is 0 Å². The second kappa shape index (κ2) is 7.38. The third-order valence-corrected chi connectivity index (χ3v) is 5.12. The minimum absolute atomic E-state index is 0.0118. The van der Waals surface area contributed by atoms with Crippen LogP contribution in [0.3, 0.4) is 0 Å². The van der Waals surface area contributed by atoms with Gasteiger partial charge in [0.1, 0.15) is 6.04 Å². The summed E-state index contributed by atoms with van der Waals surface area (Å²) in [6.07, 6.45) is 2.75. The Labute approximate surface area is 136 Å². The van der Waals surface area contributed by atoms with Gasteiger partial charge in [-0.05, 0) is 60.2 Å². The van der Waals surface area contributed by atoms with Crippen molar-refractivity contribution in [2.24, 2.45) is 5.92 Å². The topological polar surface area (TPSA) is 78.4 Å².